The van der Waals surface area contributed by atoms with Crippen LogP contribution in [0.5, 0.6) is 0 Å². The smallest absolute Gasteiger partial charge is 0.0189 e. The van der Waals surface area contributed by atoms with Crippen molar-refractivity contribution in [3.63, 3.8) is 0 Å². The van der Waals surface area contributed by atoms with Crippen molar-refractivity contribution in [3.05, 3.63) is 12.7 Å². The van der Waals surface area contributed by atoms with Gasteiger partial charge in [-0.2, -0.15) is 0 Å². The van der Waals surface area contributed by atoms with E-state index in [1.807, 2.05) is 6.08 Å². The molecule has 1 atom stereocenters. The van der Waals surface area contributed by atoms with Gasteiger partial charge in [0.1, 0.15) is 0 Å². The van der Waals surface area contributed by atoms with Crippen LogP contribution in [0.15, 0.2) is 12.7 Å². The Balaban J connectivity index is 2.18. The summed E-state index contributed by atoms with van der Waals surface area (Å²) in [5.74, 6) is 0.887. The van der Waals surface area contributed by atoms with Crippen LogP contribution >= 0.6 is 0 Å². The van der Waals surface area contributed by atoms with Crippen molar-refractivity contribution >= 4 is 0 Å². The molecule has 0 aromatic heterocycles. The molecule has 1 rings (SSSR count). The highest BCUT2D eigenvalue weighted by Gasteiger charge is 2.19. The summed E-state index contributed by atoms with van der Waals surface area (Å²) in [5, 5.41) is 3.39. The molecule has 0 saturated carbocycles. The predicted octanol–water partition coefficient (Wildman–Crippen LogP) is 1.42. The molecule has 3 nitrogen and oxygen atoms in total. The summed E-state index contributed by atoms with van der Waals surface area (Å²) in [4.78, 5) is 4.93. The van der Waals surface area contributed by atoms with Gasteiger partial charge < -0.3 is 15.1 Å². The van der Waals surface area contributed by atoms with Gasteiger partial charge >= 0.3 is 0 Å². The maximum absolute atomic E-state index is 3.72. The highest BCUT2D eigenvalue weighted by Crippen LogP contribution is 2.17. The Morgan fingerprint density at radius 1 is 1.47 bits per heavy atom. The minimum absolute atomic E-state index is 0.606. The van der Waals surface area contributed by atoms with E-state index in [0.29, 0.717) is 6.04 Å². The summed E-state index contributed by atoms with van der Waals surface area (Å²) in [6.07, 6.45) is 4.63. The summed E-state index contributed by atoms with van der Waals surface area (Å²) >= 11 is 0. The van der Waals surface area contributed by atoms with Crippen LogP contribution in [0.3, 0.4) is 0 Å². The van der Waals surface area contributed by atoms with Gasteiger partial charge in [-0.1, -0.05) is 6.08 Å². The molecule has 0 aliphatic carbocycles. The number of rotatable bonds is 7. The van der Waals surface area contributed by atoms with E-state index in [-0.39, 0.29) is 0 Å². The number of nitrogens with zero attached hydrogens (tertiary/aromatic N) is 2. The van der Waals surface area contributed by atoms with E-state index in [4.69, 9.17) is 0 Å². The lowest BCUT2D eigenvalue weighted by Crippen LogP contribution is -2.42. The second-order valence-electron chi connectivity index (χ2n) is 5.48. The first-order chi connectivity index (χ1) is 8.13. The molecule has 1 N–H and O–H groups in total. The SMILES string of the molecule is C=CCNCC(C)N(C)CC1CCN(C)CC1. The van der Waals surface area contributed by atoms with Crippen LogP contribution in [0.2, 0.25) is 0 Å². The fraction of sp³-hybridized carbons (Fsp3) is 0.857. The molecule has 1 aliphatic rings. The van der Waals surface area contributed by atoms with Gasteiger partial charge in [0.25, 0.3) is 0 Å². The van der Waals surface area contributed by atoms with Crippen LogP contribution in [-0.4, -0.2) is 62.7 Å². The standard InChI is InChI=1S/C14H29N3/c1-5-8-15-11-13(2)17(4)12-14-6-9-16(3)10-7-14/h5,13-15H,1,6-12H2,2-4H3. The van der Waals surface area contributed by atoms with E-state index < -0.39 is 0 Å². The third-order valence-corrected chi connectivity index (χ3v) is 3.87. The second kappa shape index (κ2) is 7.85. The van der Waals surface area contributed by atoms with Crippen molar-refractivity contribution in [1.82, 2.24) is 15.1 Å². The molecule has 3 heteroatoms. The molecule has 0 aromatic carbocycles. The van der Waals surface area contributed by atoms with Crippen LogP contribution in [0.1, 0.15) is 19.8 Å². The van der Waals surface area contributed by atoms with Crippen LogP contribution in [0.25, 0.3) is 0 Å². The molecule has 0 bridgehead atoms. The van der Waals surface area contributed by atoms with Crippen LogP contribution in [0.4, 0.5) is 0 Å². The van der Waals surface area contributed by atoms with Gasteiger partial charge in [-0.3, -0.25) is 0 Å². The quantitative estimate of drug-likeness (QED) is 0.535. The lowest BCUT2D eigenvalue weighted by atomic mass is 9.96. The van der Waals surface area contributed by atoms with Gasteiger partial charge in [0.2, 0.25) is 0 Å². The molecule has 1 fully saturated rings. The molecule has 0 aromatic rings. The van der Waals surface area contributed by atoms with Crippen molar-refractivity contribution in [2.45, 2.75) is 25.8 Å². The largest absolute Gasteiger partial charge is 0.312 e. The van der Waals surface area contributed by atoms with E-state index in [2.05, 4.69) is 42.7 Å². The lowest BCUT2D eigenvalue weighted by Gasteiger charge is -2.34. The minimum Gasteiger partial charge on any atom is -0.312 e. The van der Waals surface area contributed by atoms with Gasteiger partial charge in [0.15, 0.2) is 0 Å². The highest BCUT2D eigenvalue weighted by molar-refractivity contribution is 4.77. The summed E-state index contributed by atoms with van der Waals surface area (Å²) < 4.78 is 0. The third kappa shape index (κ3) is 5.66. The van der Waals surface area contributed by atoms with Crippen LogP contribution in [0, 0.1) is 5.92 Å². The Hall–Kier alpha value is -0.380. The van der Waals surface area contributed by atoms with Crippen molar-refractivity contribution in [2.24, 2.45) is 5.92 Å². The zero-order valence-corrected chi connectivity index (χ0v) is 11.8. The van der Waals surface area contributed by atoms with E-state index in [1.165, 1.54) is 32.5 Å². The minimum atomic E-state index is 0.606. The summed E-state index contributed by atoms with van der Waals surface area (Å²) in [5.41, 5.74) is 0. The number of likely N-dealkylation sites (tertiary alicyclic amines) is 1. The van der Waals surface area contributed by atoms with Crippen molar-refractivity contribution in [1.29, 1.82) is 0 Å². The Labute approximate surface area is 107 Å². The first-order valence-electron chi connectivity index (χ1n) is 6.84. The van der Waals surface area contributed by atoms with Crippen LogP contribution in [-0.2, 0) is 0 Å². The van der Waals surface area contributed by atoms with E-state index in [0.717, 1.165) is 19.0 Å². The Morgan fingerprint density at radius 3 is 2.71 bits per heavy atom. The van der Waals surface area contributed by atoms with Crippen molar-refractivity contribution in [3.8, 4) is 0 Å². The highest BCUT2D eigenvalue weighted by atomic mass is 15.2. The van der Waals surface area contributed by atoms with Crippen molar-refractivity contribution < 1.29 is 0 Å². The third-order valence-electron chi connectivity index (χ3n) is 3.87. The van der Waals surface area contributed by atoms with Gasteiger partial charge in [-0.15, -0.1) is 6.58 Å². The average Bonchev–Trinajstić information content (AvgIpc) is 2.32. The Morgan fingerprint density at radius 2 is 2.12 bits per heavy atom. The molecular weight excluding hydrogens is 210 g/mol. The Bertz CT molecular complexity index is 210. The number of nitrogens with one attached hydrogen (secondary N) is 1. The second-order valence-corrected chi connectivity index (χ2v) is 5.48. The summed E-state index contributed by atoms with van der Waals surface area (Å²) in [6, 6.07) is 0.606. The maximum Gasteiger partial charge on any atom is 0.0189 e. The first kappa shape index (κ1) is 14.7. The maximum atomic E-state index is 3.72. The normalized spacial score (nSPS) is 20.7. The molecule has 0 spiro atoms. The van der Waals surface area contributed by atoms with Gasteiger partial charge in [-0.05, 0) is 52.9 Å². The number of hydrogen-bond donors (Lipinski definition) is 1. The van der Waals surface area contributed by atoms with E-state index in [9.17, 15) is 0 Å². The van der Waals surface area contributed by atoms with Crippen LogP contribution < -0.4 is 5.32 Å². The summed E-state index contributed by atoms with van der Waals surface area (Å²) in [6.45, 7) is 11.8. The molecule has 1 heterocycles. The average molecular weight is 239 g/mol. The van der Waals surface area contributed by atoms with E-state index in [1.54, 1.807) is 0 Å². The predicted molar refractivity (Wildman–Crippen MR) is 75.4 cm³/mol. The zero-order chi connectivity index (χ0) is 12.7. The number of hydrogen-bond acceptors (Lipinski definition) is 3. The molecule has 17 heavy (non-hydrogen) atoms. The first-order valence-corrected chi connectivity index (χ1v) is 6.84. The Kier molecular flexibility index (Phi) is 6.78. The van der Waals surface area contributed by atoms with Gasteiger partial charge in [0, 0.05) is 25.7 Å². The lowest BCUT2D eigenvalue weighted by molar-refractivity contribution is 0.154. The summed E-state index contributed by atoms with van der Waals surface area (Å²) in [7, 11) is 4.47. The monoisotopic (exact) mass is 239 g/mol. The topological polar surface area (TPSA) is 18.5 Å². The zero-order valence-electron chi connectivity index (χ0n) is 11.8. The fourth-order valence-corrected chi connectivity index (χ4v) is 2.38. The molecule has 0 radical (unpaired) electrons. The molecule has 0 amide bonds. The molecule has 100 valence electrons. The van der Waals surface area contributed by atoms with Gasteiger partial charge in [-0.25, -0.2) is 0 Å². The van der Waals surface area contributed by atoms with Gasteiger partial charge in [0.05, 0.1) is 0 Å². The number of piperidine rings is 1. The molecule has 1 unspecified atom stereocenters. The fourth-order valence-electron chi connectivity index (χ4n) is 2.38. The molecule has 1 aliphatic heterocycles. The molecular formula is C14H29N3. The van der Waals surface area contributed by atoms with Crippen molar-refractivity contribution in [2.75, 3.05) is 46.8 Å². The van der Waals surface area contributed by atoms with E-state index >= 15 is 0 Å². The molecule has 1 saturated heterocycles. The number of likely N-dealkylation sites (N-methyl/N-ethyl adjacent to an activating group) is 1.